The van der Waals surface area contributed by atoms with Crippen LogP contribution < -0.4 is 15.0 Å². The Morgan fingerprint density at radius 3 is 2.61 bits per heavy atom. The van der Waals surface area contributed by atoms with E-state index in [2.05, 4.69) is 10.2 Å². The topological polar surface area (TPSA) is 41.6 Å². The third-order valence-electron chi connectivity index (χ3n) is 3.56. The van der Waals surface area contributed by atoms with Gasteiger partial charge in [0.15, 0.2) is 0 Å². The molecule has 0 bridgehead atoms. The van der Waals surface area contributed by atoms with Crippen LogP contribution in [0.1, 0.15) is 16.8 Å². The minimum absolute atomic E-state index is 0.253. The highest BCUT2D eigenvalue weighted by Crippen LogP contribution is 2.18. The summed E-state index contributed by atoms with van der Waals surface area (Å²) in [7, 11) is 3.64. The summed E-state index contributed by atoms with van der Waals surface area (Å²) < 4.78 is 18.2. The van der Waals surface area contributed by atoms with Gasteiger partial charge in [0.1, 0.15) is 11.6 Å². The smallest absolute Gasteiger partial charge is 0.251 e. The molecule has 0 saturated heterocycles. The van der Waals surface area contributed by atoms with Gasteiger partial charge < -0.3 is 15.0 Å². The molecular formula is C18H21FN2O2. The molecule has 23 heavy (non-hydrogen) atoms. The summed E-state index contributed by atoms with van der Waals surface area (Å²) in [6.45, 7) is 1.34. The van der Waals surface area contributed by atoms with Crippen LogP contribution in [0.3, 0.4) is 0 Å². The Hall–Kier alpha value is -2.56. The summed E-state index contributed by atoms with van der Waals surface area (Å²) in [6.07, 6.45) is 0.795. The fraction of sp³-hybridized carbons (Fsp3) is 0.278. The van der Waals surface area contributed by atoms with E-state index in [1.807, 2.05) is 31.3 Å². The van der Waals surface area contributed by atoms with E-state index in [-0.39, 0.29) is 5.91 Å². The van der Waals surface area contributed by atoms with Crippen LogP contribution in [0.2, 0.25) is 0 Å². The number of nitrogens with one attached hydrogen (secondary N) is 1. The first kappa shape index (κ1) is 16.8. The number of hydrogen-bond donors (Lipinski definition) is 1. The summed E-state index contributed by atoms with van der Waals surface area (Å²) in [5.41, 5.74) is 1.43. The second-order valence-electron chi connectivity index (χ2n) is 5.24. The summed E-state index contributed by atoms with van der Waals surface area (Å²) in [5.74, 6) is 0.165. The van der Waals surface area contributed by atoms with Crippen molar-refractivity contribution in [3.63, 3.8) is 0 Å². The van der Waals surface area contributed by atoms with Crippen LogP contribution in [0, 0.1) is 5.82 Å². The molecule has 1 N–H and O–H groups in total. The number of amides is 1. The summed E-state index contributed by atoms with van der Waals surface area (Å²) in [6, 6.07) is 13.5. The molecule has 0 spiro atoms. The molecular weight excluding hydrogens is 295 g/mol. The van der Waals surface area contributed by atoms with E-state index in [4.69, 9.17) is 4.74 Å². The van der Waals surface area contributed by atoms with Crippen molar-refractivity contribution in [2.45, 2.75) is 6.42 Å². The second-order valence-corrected chi connectivity index (χ2v) is 5.24. The molecule has 5 heteroatoms. The van der Waals surface area contributed by atoms with Crippen LogP contribution in [0.25, 0.3) is 0 Å². The first-order valence-electron chi connectivity index (χ1n) is 7.49. The third kappa shape index (κ3) is 4.98. The summed E-state index contributed by atoms with van der Waals surface area (Å²) in [4.78, 5) is 14.0. The predicted molar refractivity (Wildman–Crippen MR) is 89.6 cm³/mol. The number of ether oxygens (including phenoxy) is 1. The van der Waals surface area contributed by atoms with Gasteiger partial charge in [-0.15, -0.1) is 0 Å². The fourth-order valence-electron chi connectivity index (χ4n) is 2.22. The largest absolute Gasteiger partial charge is 0.497 e. The summed E-state index contributed by atoms with van der Waals surface area (Å²) >= 11 is 0. The van der Waals surface area contributed by atoms with E-state index < -0.39 is 5.82 Å². The fourth-order valence-corrected chi connectivity index (χ4v) is 2.22. The zero-order valence-electron chi connectivity index (χ0n) is 13.4. The predicted octanol–water partition coefficient (Wildman–Crippen LogP) is 3.09. The van der Waals surface area contributed by atoms with Crippen molar-refractivity contribution in [2.75, 3.05) is 32.1 Å². The first-order valence-corrected chi connectivity index (χ1v) is 7.49. The molecule has 0 aliphatic heterocycles. The van der Waals surface area contributed by atoms with Gasteiger partial charge in [-0.2, -0.15) is 0 Å². The molecule has 122 valence electrons. The Bertz CT molecular complexity index is 644. The number of anilines is 1. The van der Waals surface area contributed by atoms with Gasteiger partial charge >= 0.3 is 0 Å². The molecule has 1 amide bonds. The Balaban J connectivity index is 1.75. The average molecular weight is 316 g/mol. The molecule has 2 aromatic carbocycles. The van der Waals surface area contributed by atoms with E-state index in [0.29, 0.717) is 12.1 Å². The van der Waals surface area contributed by atoms with Gasteiger partial charge in [0, 0.05) is 31.4 Å². The number of rotatable bonds is 7. The number of halogens is 1. The number of carbonyl (C=O) groups is 1. The van der Waals surface area contributed by atoms with Crippen molar-refractivity contribution < 1.29 is 13.9 Å². The van der Waals surface area contributed by atoms with Gasteiger partial charge in [0.05, 0.1) is 7.11 Å². The number of carbonyl (C=O) groups excluding carboxylic acids is 1. The van der Waals surface area contributed by atoms with E-state index >= 15 is 0 Å². The van der Waals surface area contributed by atoms with E-state index in [1.165, 1.54) is 18.2 Å². The molecule has 2 rings (SSSR count). The quantitative estimate of drug-likeness (QED) is 0.798. The lowest BCUT2D eigenvalue weighted by molar-refractivity contribution is 0.0953. The number of benzene rings is 2. The van der Waals surface area contributed by atoms with E-state index in [1.54, 1.807) is 13.2 Å². The molecule has 0 heterocycles. The molecule has 2 aromatic rings. The minimum Gasteiger partial charge on any atom is -0.497 e. The maximum Gasteiger partial charge on any atom is 0.251 e. The van der Waals surface area contributed by atoms with Crippen LogP contribution in [-0.4, -0.2) is 33.2 Å². The molecule has 0 radical (unpaired) electrons. The number of hydrogen-bond acceptors (Lipinski definition) is 3. The maximum atomic E-state index is 13.1. The minimum atomic E-state index is -0.406. The molecule has 4 nitrogen and oxygen atoms in total. The van der Waals surface area contributed by atoms with E-state index in [0.717, 1.165) is 24.4 Å². The van der Waals surface area contributed by atoms with Gasteiger partial charge in [0.2, 0.25) is 0 Å². The molecule has 0 aliphatic rings. The maximum absolute atomic E-state index is 13.1. The highest BCUT2D eigenvalue weighted by Gasteiger charge is 2.06. The lowest BCUT2D eigenvalue weighted by Crippen LogP contribution is -2.28. The third-order valence-corrected chi connectivity index (χ3v) is 3.56. The SMILES string of the molecule is COc1ccc(N(C)CCCNC(=O)c2cccc(F)c2)cc1. The van der Waals surface area contributed by atoms with Gasteiger partial charge in [-0.05, 0) is 48.9 Å². The lowest BCUT2D eigenvalue weighted by Gasteiger charge is -2.19. The summed E-state index contributed by atoms with van der Waals surface area (Å²) in [5, 5.41) is 2.80. The number of methoxy groups -OCH3 is 1. The van der Waals surface area contributed by atoms with Gasteiger partial charge in [-0.1, -0.05) is 6.07 Å². The zero-order chi connectivity index (χ0) is 16.7. The van der Waals surface area contributed by atoms with Crippen LogP contribution in [-0.2, 0) is 0 Å². The van der Waals surface area contributed by atoms with Crippen molar-refractivity contribution in [1.29, 1.82) is 0 Å². The Morgan fingerprint density at radius 1 is 1.22 bits per heavy atom. The molecule has 0 aliphatic carbocycles. The zero-order valence-corrected chi connectivity index (χ0v) is 13.4. The first-order chi connectivity index (χ1) is 11.1. The molecule has 0 unspecified atom stereocenters. The monoisotopic (exact) mass is 316 g/mol. The lowest BCUT2D eigenvalue weighted by atomic mass is 10.2. The van der Waals surface area contributed by atoms with Crippen molar-refractivity contribution in [3.05, 3.63) is 59.9 Å². The molecule has 0 aromatic heterocycles. The van der Waals surface area contributed by atoms with Crippen molar-refractivity contribution in [2.24, 2.45) is 0 Å². The normalized spacial score (nSPS) is 10.2. The van der Waals surface area contributed by atoms with Crippen LogP contribution >= 0.6 is 0 Å². The van der Waals surface area contributed by atoms with Gasteiger partial charge in [-0.3, -0.25) is 4.79 Å². The van der Waals surface area contributed by atoms with Crippen molar-refractivity contribution in [1.82, 2.24) is 5.32 Å². The highest BCUT2D eigenvalue weighted by molar-refractivity contribution is 5.94. The van der Waals surface area contributed by atoms with Crippen LogP contribution in [0.5, 0.6) is 5.75 Å². The molecule has 0 atom stereocenters. The van der Waals surface area contributed by atoms with Gasteiger partial charge in [0.25, 0.3) is 5.91 Å². The average Bonchev–Trinajstić information content (AvgIpc) is 2.58. The Morgan fingerprint density at radius 2 is 1.96 bits per heavy atom. The van der Waals surface area contributed by atoms with E-state index in [9.17, 15) is 9.18 Å². The standard InChI is InChI=1S/C18H21FN2O2/c1-21(16-7-9-17(23-2)10-8-16)12-4-11-20-18(22)14-5-3-6-15(19)13-14/h3,5-10,13H,4,11-12H2,1-2H3,(H,20,22). The second kappa shape index (κ2) is 8.17. The Labute approximate surface area is 135 Å². The van der Waals surface area contributed by atoms with Gasteiger partial charge in [-0.25, -0.2) is 4.39 Å². The van der Waals surface area contributed by atoms with Crippen LogP contribution in [0.4, 0.5) is 10.1 Å². The molecule has 0 saturated carbocycles. The highest BCUT2D eigenvalue weighted by atomic mass is 19.1. The van der Waals surface area contributed by atoms with Crippen molar-refractivity contribution >= 4 is 11.6 Å². The van der Waals surface area contributed by atoms with Crippen molar-refractivity contribution in [3.8, 4) is 5.75 Å². The Kier molecular flexibility index (Phi) is 5.97. The molecule has 0 fully saturated rings. The number of nitrogens with zero attached hydrogens (tertiary/aromatic N) is 1. The van der Waals surface area contributed by atoms with Crippen LogP contribution in [0.15, 0.2) is 48.5 Å².